The Kier molecular flexibility index (Phi) is 56.9. The predicted octanol–water partition coefficient (Wildman–Crippen LogP) is 20.7. The number of unbranched alkanes of at least 4 members (excludes halogenated alkanes) is 24. The predicted molar refractivity (Wildman–Crippen MR) is 350 cm³/mol. The molecule has 0 aromatic rings. The van der Waals surface area contributed by atoms with Crippen LogP contribution in [-0.4, -0.2) is 74.3 Å². The van der Waals surface area contributed by atoms with Gasteiger partial charge in [-0.15, -0.1) is 0 Å². The first-order valence-electron chi connectivity index (χ1n) is 32.9. The number of esters is 1. The highest BCUT2D eigenvalue weighted by Crippen LogP contribution is 2.43. The Labute approximate surface area is 499 Å². The highest BCUT2D eigenvalue weighted by Gasteiger charge is 2.30. The highest BCUT2D eigenvalue weighted by molar-refractivity contribution is 7.47. The van der Waals surface area contributed by atoms with Gasteiger partial charge in [-0.2, -0.15) is 0 Å². The molecule has 9 nitrogen and oxygen atoms in total. The van der Waals surface area contributed by atoms with E-state index in [1.165, 1.54) is 103 Å². The maximum atomic E-state index is 13.6. The van der Waals surface area contributed by atoms with E-state index in [-0.39, 0.29) is 37.9 Å². The molecule has 3 atom stereocenters. The van der Waals surface area contributed by atoms with Crippen LogP contribution < -0.4 is 5.32 Å². The fourth-order valence-electron chi connectivity index (χ4n) is 8.83. The van der Waals surface area contributed by atoms with E-state index in [0.717, 1.165) is 122 Å². The van der Waals surface area contributed by atoms with Crippen molar-refractivity contribution in [1.29, 1.82) is 0 Å². The lowest BCUT2D eigenvalue weighted by Crippen LogP contribution is -2.47. The second-order valence-corrected chi connectivity index (χ2v) is 24.4. The molecule has 0 bridgehead atoms. The molecule has 3 unspecified atom stereocenters. The van der Waals surface area contributed by atoms with E-state index in [1.54, 1.807) is 0 Å². The van der Waals surface area contributed by atoms with Crippen molar-refractivity contribution in [3.8, 4) is 0 Å². The lowest BCUT2D eigenvalue weighted by Gasteiger charge is -2.27. The van der Waals surface area contributed by atoms with E-state index in [2.05, 4.69) is 135 Å². The zero-order valence-electron chi connectivity index (χ0n) is 53.0. The molecule has 10 heteroatoms. The van der Waals surface area contributed by atoms with Gasteiger partial charge >= 0.3 is 13.8 Å². The number of ether oxygens (including phenoxy) is 1. The first-order valence-corrected chi connectivity index (χ1v) is 34.4. The van der Waals surface area contributed by atoms with Crippen molar-refractivity contribution in [2.75, 3.05) is 40.9 Å². The zero-order valence-corrected chi connectivity index (χ0v) is 53.9. The summed E-state index contributed by atoms with van der Waals surface area (Å²) in [6.45, 7) is 6.83. The molecule has 0 aliphatic rings. The molecule has 0 aromatic carbocycles. The van der Waals surface area contributed by atoms with Gasteiger partial charge in [-0.1, -0.05) is 252 Å². The number of phosphoric ester groups is 1. The van der Waals surface area contributed by atoms with E-state index in [4.69, 9.17) is 13.8 Å². The fraction of sp³-hybridized carbons (Fsp3) is 0.690. The fourth-order valence-corrected chi connectivity index (χ4v) is 9.57. The summed E-state index contributed by atoms with van der Waals surface area (Å²) in [6, 6.07) is -0.880. The van der Waals surface area contributed by atoms with Crippen molar-refractivity contribution in [2.24, 2.45) is 0 Å². The molecule has 0 saturated carbocycles. The maximum Gasteiger partial charge on any atom is 0.472 e. The van der Waals surface area contributed by atoms with Crippen LogP contribution in [0.15, 0.2) is 122 Å². The Balaban J connectivity index is 5.31. The number of rotatable bonds is 58. The lowest BCUT2D eigenvalue weighted by molar-refractivity contribution is -0.870. The second-order valence-electron chi connectivity index (χ2n) is 22.9. The molecule has 0 heterocycles. The molecular weight excluding hydrogens is 1020 g/mol. The molecule has 0 aromatic heterocycles. The standard InChI is InChI=1S/C71H123N2O7P/c1-7-10-13-16-19-22-25-28-30-32-34-35-36-37-39-41-43-46-49-52-55-58-61-64-71(75)80-69(62-59-56-53-50-47-44-27-24-21-18-15-12-9-3)68(67-79-81(76,77)78-66-65-73(4,5)6)72-70(74)63-60-57-54-51-48-45-42-40-38-33-31-29-26-23-20-17-14-11-8-2/h11,14,19-20,22-23,28-31,34-35,37-40,45,48,59,62,68-69H,7-10,12-13,15-18,21,24-27,32-33,36,41-44,46-47,49-58,60-61,63-67H2,1-6H3,(H-,72,74,76,77)/p+1/b14-11-,22-19-,23-20-,30-28-,31-29-,35-34-,39-37-,40-38-,48-45-,62-59+. The molecular formula is C71H124N2O7P+. The number of carbonyl (C=O) groups is 2. The van der Waals surface area contributed by atoms with Gasteiger partial charge in [0.15, 0.2) is 0 Å². The smallest absolute Gasteiger partial charge is 0.456 e. The van der Waals surface area contributed by atoms with Crippen molar-refractivity contribution in [3.63, 3.8) is 0 Å². The third kappa shape index (κ3) is 60.8. The monoisotopic (exact) mass is 1150 g/mol. The normalized spacial score (nSPS) is 14.4. The van der Waals surface area contributed by atoms with Gasteiger partial charge in [0, 0.05) is 12.8 Å². The van der Waals surface area contributed by atoms with Crippen molar-refractivity contribution in [3.05, 3.63) is 122 Å². The van der Waals surface area contributed by atoms with E-state index < -0.39 is 20.0 Å². The number of nitrogens with zero attached hydrogens (tertiary/aromatic N) is 1. The first kappa shape index (κ1) is 77.4. The number of quaternary nitrogens is 1. The lowest BCUT2D eigenvalue weighted by atomic mass is 10.0. The van der Waals surface area contributed by atoms with Gasteiger partial charge in [0.2, 0.25) is 5.91 Å². The zero-order chi connectivity index (χ0) is 59.3. The Morgan fingerprint density at radius 3 is 1.22 bits per heavy atom. The van der Waals surface area contributed by atoms with Crippen molar-refractivity contribution < 1.29 is 37.3 Å². The summed E-state index contributed by atoms with van der Waals surface area (Å²) < 4.78 is 30.7. The van der Waals surface area contributed by atoms with Gasteiger partial charge in [-0.25, -0.2) is 4.57 Å². The van der Waals surface area contributed by atoms with Crippen LogP contribution >= 0.6 is 7.82 Å². The third-order valence-electron chi connectivity index (χ3n) is 13.9. The SMILES string of the molecule is CC/C=C\C/C=C\C/C=C\C/C=C\C/C=C\CCCCCC(=O)NC(COP(=O)(O)OCC[N+](C)(C)C)C(/C=C/CCCCCCCCCCCCC)OC(=O)CCCCCCCCC/C=C\C/C=C\C/C=C\C/C=C\CCCCC. The number of carbonyl (C=O) groups excluding carboxylic acids is 2. The van der Waals surface area contributed by atoms with E-state index >= 15 is 0 Å². The number of nitrogens with one attached hydrogen (secondary N) is 1. The van der Waals surface area contributed by atoms with E-state index in [9.17, 15) is 19.0 Å². The average Bonchev–Trinajstić information content (AvgIpc) is 3.44. The number of hydrogen-bond donors (Lipinski definition) is 2. The van der Waals surface area contributed by atoms with E-state index in [0.29, 0.717) is 17.4 Å². The molecule has 464 valence electrons. The average molecular weight is 1150 g/mol. The quantitative estimate of drug-likeness (QED) is 0.0205. The van der Waals surface area contributed by atoms with Crippen LogP contribution in [0.3, 0.4) is 0 Å². The minimum absolute atomic E-state index is 0.0251. The molecule has 0 aliphatic carbocycles. The molecule has 0 saturated heterocycles. The molecule has 0 fully saturated rings. The van der Waals surface area contributed by atoms with Crippen molar-refractivity contribution in [2.45, 2.75) is 277 Å². The number of likely N-dealkylation sites (N-methyl/N-ethyl adjacent to an activating group) is 1. The Bertz CT molecular complexity index is 1800. The van der Waals surface area contributed by atoms with Crippen LogP contribution in [0.5, 0.6) is 0 Å². The Morgan fingerprint density at radius 1 is 0.444 bits per heavy atom. The Morgan fingerprint density at radius 2 is 0.790 bits per heavy atom. The molecule has 0 spiro atoms. The summed E-state index contributed by atoms with van der Waals surface area (Å²) in [4.78, 5) is 37.8. The number of phosphoric acid groups is 1. The summed E-state index contributed by atoms with van der Waals surface area (Å²) in [5, 5.41) is 3.04. The number of amides is 1. The van der Waals surface area contributed by atoms with Gasteiger partial charge in [0.1, 0.15) is 19.3 Å². The molecule has 1 amide bonds. The number of allylic oxidation sites excluding steroid dienone is 19. The van der Waals surface area contributed by atoms with E-state index in [1.807, 2.05) is 33.3 Å². The van der Waals surface area contributed by atoms with Crippen LogP contribution in [0.4, 0.5) is 0 Å². The summed E-state index contributed by atoms with van der Waals surface area (Å²) in [5.41, 5.74) is 0. The van der Waals surface area contributed by atoms with Crippen LogP contribution in [0.2, 0.25) is 0 Å². The second kappa shape index (κ2) is 59.6. The van der Waals surface area contributed by atoms with Gasteiger partial charge in [0.25, 0.3) is 0 Å². The van der Waals surface area contributed by atoms with Gasteiger partial charge in [-0.3, -0.25) is 18.6 Å². The summed E-state index contributed by atoms with van der Waals surface area (Å²) in [5.74, 6) is -0.560. The largest absolute Gasteiger partial charge is 0.472 e. The van der Waals surface area contributed by atoms with Crippen LogP contribution in [0, 0.1) is 0 Å². The van der Waals surface area contributed by atoms with Crippen LogP contribution in [0.1, 0.15) is 265 Å². The van der Waals surface area contributed by atoms with Crippen molar-refractivity contribution in [1.82, 2.24) is 5.32 Å². The third-order valence-corrected chi connectivity index (χ3v) is 14.9. The number of hydrogen-bond acceptors (Lipinski definition) is 6. The van der Waals surface area contributed by atoms with Gasteiger partial charge < -0.3 is 19.4 Å². The molecule has 2 N–H and O–H groups in total. The van der Waals surface area contributed by atoms with Gasteiger partial charge in [-0.05, 0) is 122 Å². The Hall–Kier alpha value is -3.59. The molecule has 81 heavy (non-hydrogen) atoms. The minimum Gasteiger partial charge on any atom is -0.456 e. The summed E-state index contributed by atoms with van der Waals surface area (Å²) >= 11 is 0. The highest BCUT2D eigenvalue weighted by atomic mass is 31.2. The van der Waals surface area contributed by atoms with Gasteiger partial charge in [0.05, 0.1) is 33.8 Å². The topological polar surface area (TPSA) is 111 Å². The summed E-state index contributed by atoms with van der Waals surface area (Å²) in [6.07, 6.45) is 83.4. The molecule has 0 aliphatic heterocycles. The maximum absolute atomic E-state index is 13.6. The van der Waals surface area contributed by atoms with Crippen molar-refractivity contribution >= 4 is 19.7 Å². The van der Waals surface area contributed by atoms with Crippen LogP contribution in [0.25, 0.3) is 0 Å². The molecule has 0 rings (SSSR count). The van der Waals surface area contributed by atoms with Crippen LogP contribution in [-0.2, 0) is 27.9 Å². The molecule has 0 radical (unpaired) electrons. The summed E-state index contributed by atoms with van der Waals surface area (Å²) in [7, 11) is 1.45. The minimum atomic E-state index is -4.47. The first-order chi connectivity index (χ1) is 39.4.